The maximum Gasteiger partial charge on any atom is 0.124 e. The topological polar surface area (TPSA) is 21.3 Å². The van der Waals surface area contributed by atoms with Crippen molar-refractivity contribution in [1.29, 1.82) is 0 Å². The second-order valence-corrected chi connectivity index (χ2v) is 11.7. The highest BCUT2D eigenvalue weighted by molar-refractivity contribution is 6.35. The highest BCUT2D eigenvalue weighted by Crippen LogP contribution is 2.66. The normalized spacial score (nSPS) is 34.3. The molecule has 4 heteroatoms. The lowest BCUT2D eigenvalue weighted by molar-refractivity contribution is -0.118. The molecule has 0 saturated heterocycles. The molecule has 2 aromatic rings. The zero-order chi connectivity index (χ0) is 21.0. The van der Waals surface area contributed by atoms with Crippen LogP contribution in [0.5, 0.6) is 5.75 Å². The molecule has 0 heterocycles. The SMILES string of the molecule is C[C@]12CC3CC(NCc4ccccc4OCc4c(Cl)cccc4Cl)(C1)C[C@@](C)(C3)C2. The van der Waals surface area contributed by atoms with Gasteiger partial charge in [-0.2, -0.15) is 0 Å². The number of hydrogen-bond acceptors (Lipinski definition) is 2. The summed E-state index contributed by atoms with van der Waals surface area (Å²) in [6.07, 6.45) is 8.19. The molecule has 4 fully saturated rings. The summed E-state index contributed by atoms with van der Waals surface area (Å²) in [5.41, 5.74) is 3.34. The average Bonchev–Trinajstić information content (AvgIpc) is 2.64. The van der Waals surface area contributed by atoms with Crippen molar-refractivity contribution in [2.24, 2.45) is 16.7 Å². The molecular weight excluding hydrogens is 413 g/mol. The van der Waals surface area contributed by atoms with Gasteiger partial charge in [0.15, 0.2) is 0 Å². The number of rotatable bonds is 6. The Morgan fingerprint density at radius 3 is 2.23 bits per heavy atom. The molecule has 4 bridgehead atoms. The lowest BCUT2D eigenvalue weighted by Gasteiger charge is -2.65. The van der Waals surface area contributed by atoms with Crippen LogP contribution in [0.4, 0.5) is 0 Å². The van der Waals surface area contributed by atoms with Gasteiger partial charge in [0.05, 0.1) is 0 Å². The van der Waals surface area contributed by atoms with E-state index in [1.807, 2.05) is 30.3 Å². The first-order valence-electron chi connectivity index (χ1n) is 11.2. The number of para-hydroxylation sites is 1. The van der Waals surface area contributed by atoms with E-state index in [1.54, 1.807) is 0 Å². The third-order valence-corrected chi connectivity index (χ3v) is 8.39. The first-order valence-corrected chi connectivity index (χ1v) is 11.9. The van der Waals surface area contributed by atoms with Crippen LogP contribution in [0, 0.1) is 16.7 Å². The Bertz CT molecular complexity index is 920. The number of halogens is 2. The summed E-state index contributed by atoms with van der Waals surface area (Å²) in [4.78, 5) is 0. The van der Waals surface area contributed by atoms with Crippen LogP contribution in [0.15, 0.2) is 42.5 Å². The number of nitrogens with one attached hydrogen (secondary N) is 1. The second kappa shape index (κ2) is 7.43. The Labute approximate surface area is 190 Å². The van der Waals surface area contributed by atoms with Gasteiger partial charge in [0.2, 0.25) is 0 Å². The standard InChI is InChI=1S/C26H31Cl2NO/c1-24-10-18-11-25(2,15-24)17-26(12-18,16-24)29-13-19-6-3-4-9-23(19)30-14-20-21(27)7-5-8-22(20)28/h3-9,18,29H,10-17H2,1-2H3/t18?,24-,25+,26?. The van der Waals surface area contributed by atoms with E-state index < -0.39 is 0 Å². The molecule has 2 nitrogen and oxygen atoms in total. The molecule has 30 heavy (non-hydrogen) atoms. The van der Waals surface area contributed by atoms with Crippen LogP contribution in [0.1, 0.15) is 63.5 Å². The third kappa shape index (κ3) is 3.87. The van der Waals surface area contributed by atoms with Gasteiger partial charge in [0, 0.05) is 33.3 Å². The second-order valence-electron chi connectivity index (χ2n) is 10.9. The molecule has 4 atom stereocenters. The number of hydrogen-bond donors (Lipinski definition) is 1. The van der Waals surface area contributed by atoms with Crippen molar-refractivity contribution in [3.8, 4) is 5.75 Å². The molecule has 0 aliphatic heterocycles. The van der Waals surface area contributed by atoms with Crippen molar-refractivity contribution in [1.82, 2.24) is 5.32 Å². The van der Waals surface area contributed by atoms with Gasteiger partial charge < -0.3 is 10.1 Å². The minimum atomic E-state index is 0.280. The molecule has 0 aromatic heterocycles. The smallest absolute Gasteiger partial charge is 0.124 e. The van der Waals surface area contributed by atoms with E-state index >= 15 is 0 Å². The molecule has 1 N–H and O–H groups in total. The summed E-state index contributed by atoms with van der Waals surface area (Å²) in [5, 5.41) is 5.32. The van der Waals surface area contributed by atoms with Gasteiger partial charge in [0.25, 0.3) is 0 Å². The van der Waals surface area contributed by atoms with Crippen LogP contribution < -0.4 is 10.1 Å². The van der Waals surface area contributed by atoms with Crippen molar-refractivity contribution < 1.29 is 4.74 Å². The van der Waals surface area contributed by atoms with E-state index in [-0.39, 0.29) is 5.54 Å². The van der Waals surface area contributed by atoms with E-state index in [1.165, 1.54) is 44.1 Å². The zero-order valence-electron chi connectivity index (χ0n) is 17.9. The van der Waals surface area contributed by atoms with E-state index in [4.69, 9.17) is 27.9 Å². The lowest BCUT2D eigenvalue weighted by atomic mass is 9.43. The molecule has 4 saturated carbocycles. The van der Waals surface area contributed by atoms with Gasteiger partial charge in [-0.05, 0) is 73.5 Å². The van der Waals surface area contributed by atoms with E-state index in [9.17, 15) is 0 Å². The minimum absolute atomic E-state index is 0.280. The number of ether oxygens (including phenoxy) is 1. The Hall–Kier alpha value is -1.22. The largest absolute Gasteiger partial charge is 0.488 e. The maximum absolute atomic E-state index is 6.32. The van der Waals surface area contributed by atoms with Crippen LogP contribution >= 0.6 is 23.2 Å². The highest BCUT2D eigenvalue weighted by Gasteiger charge is 2.59. The van der Waals surface area contributed by atoms with Crippen LogP contribution in [0.3, 0.4) is 0 Å². The fourth-order valence-corrected chi connectivity index (χ4v) is 8.04. The van der Waals surface area contributed by atoms with Gasteiger partial charge in [-0.15, -0.1) is 0 Å². The Kier molecular flexibility index (Phi) is 5.12. The molecular formula is C26H31Cl2NO. The highest BCUT2D eigenvalue weighted by atomic mass is 35.5. The van der Waals surface area contributed by atoms with E-state index in [0.717, 1.165) is 23.8 Å². The van der Waals surface area contributed by atoms with Crippen LogP contribution in [-0.2, 0) is 13.2 Å². The van der Waals surface area contributed by atoms with Crippen molar-refractivity contribution >= 4 is 23.2 Å². The number of benzene rings is 2. The summed E-state index contributed by atoms with van der Waals surface area (Å²) in [6, 6.07) is 13.9. The van der Waals surface area contributed by atoms with Crippen molar-refractivity contribution in [3.05, 3.63) is 63.6 Å². The Morgan fingerprint density at radius 2 is 1.57 bits per heavy atom. The third-order valence-electron chi connectivity index (χ3n) is 7.69. The van der Waals surface area contributed by atoms with Gasteiger partial charge in [-0.1, -0.05) is 61.3 Å². The summed E-state index contributed by atoms with van der Waals surface area (Å²) in [7, 11) is 0. The van der Waals surface area contributed by atoms with Gasteiger partial charge in [-0.3, -0.25) is 0 Å². The van der Waals surface area contributed by atoms with Crippen molar-refractivity contribution in [2.45, 2.75) is 71.1 Å². The average molecular weight is 444 g/mol. The fourth-order valence-electron chi connectivity index (χ4n) is 7.54. The van der Waals surface area contributed by atoms with Crippen LogP contribution in [-0.4, -0.2) is 5.54 Å². The van der Waals surface area contributed by atoms with E-state index in [2.05, 4.69) is 31.3 Å². The Morgan fingerprint density at radius 1 is 0.900 bits per heavy atom. The summed E-state index contributed by atoms with van der Waals surface area (Å²) >= 11 is 12.6. The first kappa shape index (κ1) is 20.7. The van der Waals surface area contributed by atoms with Gasteiger partial charge in [-0.25, -0.2) is 0 Å². The van der Waals surface area contributed by atoms with E-state index in [0.29, 0.717) is 27.5 Å². The molecule has 0 spiro atoms. The molecule has 4 aliphatic rings. The predicted octanol–water partition coefficient (Wildman–Crippen LogP) is 7.41. The minimum Gasteiger partial charge on any atom is -0.488 e. The molecule has 2 unspecified atom stereocenters. The first-order chi connectivity index (χ1) is 14.3. The molecule has 160 valence electrons. The molecule has 0 radical (unpaired) electrons. The van der Waals surface area contributed by atoms with Crippen molar-refractivity contribution in [2.75, 3.05) is 0 Å². The van der Waals surface area contributed by atoms with Crippen molar-refractivity contribution in [3.63, 3.8) is 0 Å². The molecule has 2 aromatic carbocycles. The van der Waals surface area contributed by atoms with Crippen LogP contribution in [0.25, 0.3) is 0 Å². The quantitative estimate of drug-likeness (QED) is 0.501. The Balaban J connectivity index is 1.31. The summed E-state index contributed by atoms with van der Waals surface area (Å²) in [5.74, 6) is 1.79. The predicted molar refractivity (Wildman–Crippen MR) is 124 cm³/mol. The lowest BCUT2D eigenvalue weighted by Crippen LogP contribution is -2.63. The van der Waals surface area contributed by atoms with Gasteiger partial charge in [0.1, 0.15) is 12.4 Å². The monoisotopic (exact) mass is 443 g/mol. The fraction of sp³-hybridized carbons (Fsp3) is 0.538. The molecule has 6 rings (SSSR count). The summed E-state index contributed by atoms with van der Waals surface area (Å²) < 4.78 is 6.19. The molecule has 0 amide bonds. The van der Waals surface area contributed by atoms with Crippen LogP contribution in [0.2, 0.25) is 10.0 Å². The van der Waals surface area contributed by atoms with Gasteiger partial charge >= 0.3 is 0 Å². The molecule has 4 aliphatic carbocycles. The summed E-state index contributed by atoms with van der Waals surface area (Å²) in [6.45, 7) is 6.26. The maximum atomic E-state index is 6.32. The zero-order valence-corrected chi connectivity index (χ0v) is 19.5.